The van der Waals surface area contributed by atoms with Gasteiger partial charge in [0.25, 0.3) is 0 Å². The fourth-order valence-corrected chi connectivity index (χ4v) is 3.75. The van der Waals surface area contributed by atoms with Crippen molar-refractivity contribution in [2.24, 2.45) is 0 Å². The summed E-state index contributed by atoms with van der Waals surface area (Å²) in [4.78, 5) is 0. The summed E-state index contributed by atoms with van der Waals surface area (Å²) < 4.78 is 22.6. The zero-order chi connectivity index (χ0) is 16.7. The third-order valence-electron chi connectivity index (χ3n) is 3.93. The highest BCUT2D eigenvalue weighted by Gasteiger charge is 2.30. The highest BCUT2D eigenvalue weighted by Crippen LogP contribution is 2.51. The number of hydrogen-bond acceptors (Lipinski definition) is 4. The van der Waals surface area contributed by atoms with E-state index in [-0.39, 0.29) is 11.7 Å². The molecule has 1 N–H and O–H groups in total. The molecule has 0 saturated carbocycles. The highest BCUT2D eigenvalue weighted by molar-refractivity contribution is 7.54. The van der Waals surface area contributed by atoms with E-state index >= 15 is 0 Å². The Kier molecular flexibility index (Phi) is 6.55. The lowest BCUT2D eigenvalue weighted by Gasteiger charge is -2.25. The van der Waals surface area contributed by atoms with Crippen molar-refractivity contribution in [1.82, 2.24) is 5.32 Å². The summed E-state index contributed by atoms with van der Waals surface area (Å²) in [6, 6.07) is 20.4. The number of nitrogens with one attached hydrogen (secondary N) is 1. The Morgan fingerprint density at radius 2 is 1.35 bits per heavy atom. The molecular weight excluding hydrogens is 309 g/mol. The van der Waals surface area contributed by atoms with Crippen LogP contribution >= 0.6 is 7.60 Å². The van der Waals surface area contributed by atoms with Crippen LogP contribution < -0.4 is 5.32 Å². The topological polar surface area (TPSA) is 47.6 Å². The fourth-order valence-electron chi connectivity index (χ4n) is 2.55. The van der Waals surface area contributed by atoms with Crippen molar-refractivity contribution in [2.45, 2.75) is 18.6 Å². The van der Waals surface area contributed by atoms with Crippen molar-refractivity contribution < 1.29 is 13.6 Å². The van der Waals surface area contributed by atoms with Crippen LogP contribution in [-0.4, -0.2) is 26.4 Å². The smallest absolute Gasteiger partial charge is 0.312 e. The molecule has 1 unspecified atom stereocenters. The molecule has 5 heteroatoms. The number of benzene rings is 2. The SMILES string of the molecule is COP(=O)(OC)C(C)CNC(c1ccccc1)c1ccccc1. The molecule has 0 radical (unpaired) electrons. The van der Waals surface area contributed by atoms with Crippen molar-refractivity contribution in [3.8, 4) is 0 Å². The normalized spacial score (nSPS) is 13.2. The van der Waals surface area contributed by atoms with E-state index in [1.54, 1.807) is 0 Å². The van der Waals surface area contributed by atoms with E-state index in [0.29, 0.717) is 6.54 Å². The summed E-state index contributed by atoms with van der Waals surface area (Å²) in [6.45, 7) is 2.39. The first-order chi connectivity index (χ1) is 11.1. The number of hydrogen-bond donors (Lipinski definition) is 1. The van der Waals surface area contributed by atoms with E-state index in [1.807, 2.05) is 43.3 Å². The second-order valence-corrected chi connectivity index (χ2v) is 8.11. The predicted molar refractivity (Wildman–Crippen MR) is 93.8 cm³/mol. The van der Waals surface area contributed by atoms with Gasteiger partial charge in [0.2, 0.25) is 0 Å². The maximum absolute atomic E-state index is 12.5. The average molecular weight is 333 g/mol. The van der Waals surface area contributed by atoms with Gasteiger partial charge in [-0.15, -0.1) is 0 Å². The lowest BCUT2D eigenvalue weighted by Crippen LogP contribution is -2.30. The average Bonchev–Trinajstić information content (AvgIpc) is 2.62. The van der Waals surface area contributed by atoms with Gasteiger partial charge in [-0.25, -0.2) is 0 Å². The molecule has 0 aliphatic rings. The molecule has 2 aromatic carbocycles. The molecule has 1 atom stereocenters. The number of rotatable bonds is 8. The van der Waals surface area contributed by atoms with Gasteiger partial charge in [0.15, 0.2) is 0 Å². The van der Waals surface area contributed by atoms with Crippen molar-refractivity contribution >= 4 is 7.60 Å². The molecule has 0 saturated heterocycles. The lowest BCUT2D eigenvalue weighted by atomic mass is 9.99. The van der Waals surface area contributed by atoms with Crippen molar-refractivity contribution in [2.75, 3.05) is 20.8 Å². The van der Waals surface area contributed by atoms with E-state index in [0.717, 1.165) is 11.1 Å². The van der Waals surface area contributed by atoms with Crippen LogP contribution in [0.2, 0.25) is 0 Å². The standard InChI is InChI=1S/C18H24NO3P/c1-15(23(20,21-2)22-3)14-19-18(16-10-6-4-7-11-16)17-12-8-5-9-13-17/h4-13,15,18-19H,14H2,1-3H3. The monoisotopic (exact) mass is 333 g/mol. The Morgan fingerprint density at radius 1 is 0.913 bits per heavy atom. The second kappa shape index (κ2) is 8.42. The third-order valence-corrected chi connectivity index (χ3v) is 6.21. The highest BCUT2D eigenvalue weighted by atomic mass is 31.2. The molecule has 0 aliphatic heterocycles. The van der Waals surface area contributed by atoms with Crippen molar-refractivity contribution in [3.05, 3.63) is 71.8 Å². The van der Waals surface area contributed by atoms with E-state index < -0.39 is 7.60 Å². The summed E-state index contributed by atoms with van der Waals surface area (Å²) in [5.74, 6) is 0. The van der Waals surface area contributed by atoms with Crippen LogP contribution in [0.1, 0.15) is 24.1 Å². The molecule has 0 fully saturated rings. The summed E-state index contributed by atoms with van der Waals surface area (Å²) in [5.41, 5.74) is 2.08. The van der Waals surface area contributed by atoms with Gasteiger partial charge in [-0.1, -0.05) is 60.7 Å². The predicted octanol–water partition coefficient (Wildman–Crippen LogP) is 4.24. The van der Waals surface area contributed by atoms with Gasteiger partial charge >= 0.3 is 7.60 Å². The molecule has 2 aromatic rings. The minimum Gasteiger partial charge on any atom is -0.312 e. The van der Waals surface area contributed by atoms with Crippen molar-refractivity contribution in [1.29, 1.82) is 0 Å². The first kappa shape index (κ1) is 17.9. The van der Waals surface area contributed by atoms with Gasteiger partial charge in [-0.3, -0.25) is 4.57 Å². The quantitative estimate of drug-likeness (QED) is 0.734. The first-order valence-corrected chi connectivity index (χ1v) is 9.26. The fraction of sp³-hybridized carbons (Fsp3) is 0.333. The van der Waals surface area contributed by atoms with Crippen molar-refractivity contribution in [3.63, 3.8) is 0 Å². The van der Waals surface area contributed by atoms with Crippen LogP contribution in [0.3, 0.4) is 0 Å². The molecule has 124 valence electrons. The molecule has 23 heavy (non-hydrogen) atoms. The zero-order valence-electron chi connectivity index (χ0n) is 13.8. The van der Waals surface area contributed by atoms with Gasteiger partial charge < -0.3 is 14.4 Å². The largest absolute Gasteiger partial charge is 0.334 e. The Hall–Kier alpha value is -1.45. The van der Waals surface area contributed by atoms with E-state index in [2.05, 4.69) is 29.6 Å². The van der Waals surface area contributed by atoms with E-state index in [4.69, 9.17) is 9.05 Å². The molecular formula is C18H24NO3P. The molecule has 2 rings (SSSR count). The van der Waals surface area contributed by atoms with E-state index in [1.165, 1.54) is 14.2 Å². The summed E-state index contributed by atoms with van der Waals surface area (Å²) in [6.07, 6.45) is 0. The lowest BCUT2D eigenvalue weighted by molar-refractivity contribution is 0.265. The van der Waals surface area contributed by atoms with Gasteiger partial charge in [-0.05, 0) is 18.1 Å². The molecule has 0 aliphatic carbocycles. The maximum Gasteiger partial charge on any atom is 0.334 e. The molecule has 0 aromatic heterocycles. The molecule has 0 spiro atoms. The van der Waals surface area contributed by atoms with Crippen LogP contribution in [0.15, 0.2) is 60.7 Å². The van der Waals surface area contributed by atoms with Gasteiger partial charge in [0.05, 0.1) is 11.7 Å². The molecule has 0 amide bonds. The third kappa shape index (κ3) is 4.52. The Balaban J connectivity index is 2.18. The van der Waals surface area contributed by atoms with Crippen LogP contribution in [0.4, 0.5) is 0 Å². The summed E-state index contributed by atoms with van der Waals surface area (Å²) in [7, 11) is -0.228. The maximum atomic E-state index is 12.5. The Bertz CT molecular complexity index is 586. The van der Waals surface area contributed by atoms with Crippen LogP contribution in [0, 0.1) is 0 Å². The first-order valence-electron chi connectivity index (χ1n) is 7.65. The minimum atomic E-state index is -3.07. The summed E-state index contributed by atoms with van der Waals surface area (Å²) in [5, 5.41) is 3.49. The van der Waals surface area contributed by atoms with Crippen LogP contribution in [0.5, 0.6) is 0 Å². The molecule has 0 bridgehead atoms. The van der Waals surface area contributed by atoms with Gasteiger partial charge in [0.1, 0.15) is 0 Å². The minimum absolute atomic E-state index is 0.0296. The van der Waals surface area contributed by atoms with Gasteiger partial charge in [0, 0.05) is 20.8 Å². The molecule has 4 nitrogen and oxygen atoms in total. The van der Waals surface area contributed by atoms with Gasteiger partial charge in [-0.2, -0.15) is 0 Å². The summed E-state index contributed by atoms with van der Waals surface area (Å²) >= 11 is 0. The molecule has 0 heterocycles. The second-order valence-electron chi connectivity index (χ2n) is 5.42. The Morgan fingerprint density at radius 3 is 1.74 bits per heavy atom. The van der Waals surface area contributed by atoms with E-state index in [9.17, 15) is 4.57 Å². The Labute approximate surface area is 138 Å². The zero-order valence-corrected chi connectivity index (χ0v) is 14.7. The van der Waals surface area contributed by atoms with Crippen LogP contribution in [-0.2, 0) is 13.6 Å². The van der Waals surface area contributed by atoms with Crippen LogP contribution in [0.25, 0.3) is 0 Å².